The average Bonchev–Trinajstić information content (AvgIpc) is 3.25. The smallest absolute Gasteiger partial charge is 0.297 e. The van der Waals surface area contributed by atoms with Crippen molar-refractivity contribution in [3.05, 3.63) is 106 Å². The Morgan fingerprint density at radius 2 is 1.80 bits per heavy atom. The Kier molecular flexibility index (Phi) is 5.80. The van der Waals surface area contributed by atoms with E-state index < -0.39 is 11.4 Å². The molecule has 0 spiro atoms. The summed E-state index contributed by atoms with van der Waals surface area (Å²) in [6.45, 7) is -0.0338. The molecule has 0 fully saturated rings. The predicted molar refractivity (Wildman–Crippen MR) is 128 cm³/mol. The molecule has 0 saturated heterocycles. The van der Waals surface area contributed by atoms with Crippen molar-refractivity contribution < 1.29 is 18.4 Å². The first-order valence-electron chi connectivity index (χ1n) is 10.8. The van der Waals surface area contributed by atoms with Crippen LogP contribution in [0.5, 0.6) is 0 Å². The Morgan fingerprint density at radius 3 is 2.63 bits per heavy atom. The number of aromatic nitrogens is 2. The van der Waals surface area contributed by atoms with Gasteiger partial charge >= 0.3 is 0 Å². The van der Waals surface area contributed by atoms with E-state index in [1.807, 2.05) is 12.1 Å². The zero-order valence-electron chi connectivity index (χ0n) is 18.3. The van der Waals surface area contributed by atoms with Crippen LogP contribution in [0.1, 0.15) is 15.9 Å². The molecule has 0 unspecified atom stereocenters. The molecule has 0 aliphatic heterocycles. The maximum atomic E-state index is 13.1. The molecule has 0 bridgehead atoms. The molecule has 0 atom stereocenters. The molecule has 0 saturated carbocycles. The summed E-state index contributed by atoms with van der Waals surface area (Å²) in [6, 6.07) is 19.4. The van der Waals surface area contributed by atoms with E-state index in [0.717, 1.165) is 10.9 Å². The van der Waals surface area contributed by atoms with Crippen LogP contribution in [-0.4, -0.2) is 21.4 Å². The minimum atomic E-state index is -0.438. The van der Waals surface area contributed by atoms with Crippen LogP contribution in [0, 0.1) is 5.82 Å². The van der Waals surface area contributed by atoms with Gasteiger partial charge < -0.3 is 15.1 Å². The quantitative estimate of drug-likeness (QED) is 0.392. The van der Waals surface area contributed by atoms with Crippen LogP contribution in [0.2, 0.25) is 0 Å². The fraction of sp³-hybridized carbons (Fsp3) is 0.0769. The lowest BCUT2D eigenvalue weighted by Crippen LogP contribution is -2.32. The second-order valence-corrected chi connectivity index (χ2v) is 7.89. The lowest BCUT2D eigenvalue weighted by Gasteiger charge is -2.09. The second kappa shape index (κ2) is 9.22. The number of furan rings is 1. The Labute approximate surface area is 198 Å². The summed E-state index contributed by atoms with van der Waals surface area (Å²) in [5.74, 6) is -1.18. The number of nitrogens with zero attached hydrogens (tertiary/aromatic N) is 2. The van der Waals surface area contributed by atoms with Crippen molar-refractivity contribution in [2.45, 2.75) is 13.1 Å². The fourth-order valence-electron chi connectivity index (χ4n) is 3.70. The van der Waals surface area contributed by atoms with Gasteiger partial charge in [0.25, 0.3) is 11.5 Å². The number of anilines is 1. The molecule has 2 aromatic heterocycles. The number of amides is 2. The highest BCUT2D eigenvalue weighted by Crippen LogP contribution is 2.24. The zero-order valence-corrected chi connectivity index (χ0v) is 18.3. The van der Waals surface area contributed by atoms with Gasteiger partial charge in [-0.2, -0.15) is 0 Å². The predicted octanol–water partition coefficient (Wildman–Crippen LogP) is 3.85. The van der Waals surface area contributed by atoms with Crippen LogP contribution in [0.3, 0.4) is 0 Å². The van der Waals surface area contributed by atoms with E-state index in [-0.39, 0.29) is 30.5 Å². The van der Waals surface area contributed by atoms with E-state index >= 15 is 0 Å². The molecule has 0 aliphatic carbocycles. The summed E-state index contributed by atoms with van der Waals surface area (Å²) < 4.78 is 19.9. The van der Waals surface area contributed by atoms with E-state index in [1.165, 1.54) is 35.2 Å². The molecule has 8 nitrogen and oxygen atoms in total. The first kappa shape index (κ1) is 22.0. The number of hydrogen-bond donors (Lipinski definition) is 2. The van der Waals surface area contributed by atoms with E-state index in [2.05, 4.69) is 15.6 Å². The number of para-hydroxylation sites is 1. The van der Waals surface area contributed by atoms with Crippen LogP contribution in [0.15, 0.2) is 88.3 Å². The highest BCUT2D eigenvalue weighted by molar-refractivity contribution is 6.04. The third kappa shape index (κ3) is 4.65. The lowest BCUT2D eigenvalue weighted by molar-refractivity contribution is -0.121. The monoisotopic (exact) mass is 470 g/mol. The summed E-state index contributed by atoms with van der Waals surface area (Å²) in [5.41, 5.74) is 2.28. The van der Waals surface area contributed by atoms with Crippen molar-refractivity contribution in [2.75, 3.05) is 5.32 Å². The van der Waals surface area contributed by atoms with Crippen molar-refractivity contribution in [1.29, 1.82) is 0 Å². The summed E-state index contributed by atoms with van der Waals surface area (Å²) in [5, 5.41) is 6.24. The van der Waals surface area contributed by atoms with Gasteiger partial charge in [-0.15, -0.1) is 0 Å². The van der Waals surface area contributed by atoms with E-state index in [9.17, 15) is 18.8 Å². The number of nitrogens with one attached hydrogen (secondary N) is 2. The van der Waals surface area contributed by atoms with Crippen molar-refractivity contribution in [3.63, 3.8) is 0 Å². The second-order valence-electron chi connectivity index (χ2n) is 7.89. The Balaban J connectivity index is 1.23. The highest BCUT2D eigenvalue weighted by atomic mass is 19.1. The standard InChI is InChI=1S/C26H19FN4O4/c27-18-10-8-17(9-11-18)25(33)30-19-5-3-4-16(12-19)13-28-22(32)14-31-15-29-23-20-6-1-2-7-21(20)35-24(23)26(31)34/h1-12,15H,13-14H2,(H,28,32)(H,30,33). The summed E-state index contributed by atoms with van der Waals surface area (Å²) >= 11 is 0. The van der Waals surface area contributed by atoms with E-state index in [4.69, 9.17) is 4.42 Å². The first-order valence-corrected chi connectivity index (χ1v) is 10.8. The maximum absolute atomic E-state index is 13.1. The van der Waals surface area contributed by atoms with Crippen molar-refractivity contribution in [2.24, 2.45) is 0 Å². The summed E-state index contributed by atoms with van der Waals surface area (Å²) in [6.07, 6.45) is 1.33. The molecule has 2 amide bonds. The summed E-state index contributed by atoms with van der Waals surface area (Å²) in [4.78, 5) is 41.9. The molecular formula is C26H19FN4O4. The normalized spacial score (nSPS) is 11.0. The number of carbonyl (C=O) groups is 2. The largest absolute Gasteiger partial charge is 0.448 e. The third-order valence-electron chi connectivity index (χ3n) is 5.45. The molecular weight excluding hydrogens is 451 g/mol. The number of benzene rings is 3. The Morgan fingerprint density at radius 1 is 1.00 bits per heavy atom. The SMILES string of the molecule is O=C(Cn1cnc2c(oc3ccccc32)c1=O)NCc1cccc(NC(=O)c2ccc(F)cc2)c1. The van der Waals surface area contributed by atoms with Gasteiger partial charge in [-0.25, -0.2) is 9.37 Å². The number of hydrogen-bond acceptors (Lipinski definition) is 5. The molecule has 5 rings (SSSR count). The molecule has 9 heteroatoms. The van der Waals surface area contributed by atoms with Crippen LogP contribution < -0.4 is 16.2 Å². The van der Waals surface area contributed by atoms with Gasteiger partial charge in [0.1, 0.15) is 23.5 Å². The van der Waals surface area contributed by atoms with Crippen LogP contribution in [0.25, 0.3) is 22.1 Å². The maximum Gasteiger partial charge on any atom is 0.297 e. The number of rotatable bonds is 6. The molecule has 174 valence electrons. The summed E-state index contributed by atoms with van der Waals surface area (Å²) in [7, 11) is 0. The number of halogens is 1. The molecule has 35 heavy (non-hydrogen) atoms. The number of fused-ring (bicyclic) bond motifs is 3. The molecule has 0 aliphatic rings. The van der Waals surface area contributed by atoms with Gasteiger partial charge in [-0.3, -0.25) is 19.0 Å². The van der Waals surface area contributed by atoms with Crippen molar-refractivity contribution in [1.82, 2.24) is 14.9 Å². The molecule has 2 heterocycles. The lowest BCUT2D eigenvalue weighted by atomic mass is 10.1. The molecule has 5 aromatic rings. The van der Waals surface area contributed by atoms with E-state index in [0.29, 0.717) is 22.4 Å². The fourth-order valence-corrected chi connectivity index (χ4v) is 3.70. The highest BCUT2D eigenvalue weighted by Gasteiger charge is 2.14. The number of carbonyl (C=O) groups excluding carboxylic acids is 2. The van der Waals surface area contributed by atoms with Gasteiger partial charge in [0.05, 0.1) is 6.33 Å². The van der Waals surface area contributed by atoms with E-state index in [1.54, 1.807) is 36.4 Å². The Bertz CT molecular complexity index is 1620. The van der Waals surface area contributed by atoms with Crippen molar-refractivity contribution in [3.8, 4) is 0 Å². The van der Waals surface area contributed by atoms with Crippen LogP contribution in [0.4, 0.5) is 10.1 Å². The molecule has 2 N–H and O–H groups in total. The van der Waals surface area contributed by atoms with Gasteiger partial charge in [-0.1, -0.05) is 24.3 Å². The van der Waals surface area contributed by atoms with Gasteiger partial charge in [0.2, 0.25) is 11.5 Å². The third-order valence-corrected chi connectivity index (χ3v) is 5.45. The molecule has 3 aromatic carbocycles. The first-order chi connectivity index (χ1) is 17.0. The zero-order chi connectivity index (χ0) is 24.4. The van der Waals surface area contributed by atoms with Gasteiger partial charge in [0, 0.05) is 23.2 Å². The topological polar surface area (TPSA) is 106 Å². The van der Waals surface area contributed by atoms with Crippen LogP contribution >= 0.6 is 0 Å². The van der Waals surface area contributed by atoms with Gasteiger partial charge in [-0.05, 0) is 54.1 Å². The van der Waals surface area contributed by atoms with Gasteiger partial charge in [0.15, 0.2) is 0 Å². The van der Waals surface area contributed by atoms with Crippen molar-refractivity contribution >= 4 is 39.6 Å². The van der Waals surface area contributed by atoms with Crippen LogP contribution in [-0.2, 0) is 17.9 Å². The average molecular weight is 470 g/mol. The minimum Gasteiger partial charge on any atom is -0.448 e. The molecule has 0 radical (unpaired) electrons. The minimum absolute atomic E-state index is 0.103. The Hall–Kier alpha value is -4.79.